The Labute approximate surface area is 91.5 Å². The first-order chi connectivity index (χ1) is 7.13. The third-order valence-electron chi connectivity index (χ3n) is 2.30. The lowest BCUT2D eigenvalue weighted by Gasteiger charge is -2.06. The molecule has 2 N–H and O–H groups in total. The van der Waals surface area contributed by atoms with E-state index in [1.165, 1.54) is 5.56 Å². The van der Waals surface area contributed by atoms with Crippen molar-refractivity contribution in [3.63, 3.8) is 0 Å². The van der Waals surface area contributed by atoms with Crippen molar-refractivity contribution in [3.05, 3.63) is 35.4 Å². The fraction of sp³-hybridized carbons (Fsp3) is 0.462. The second-order valence-electron chi connectivity index (χ2n) is 4.05. The third kappa shape index (κ3) is 3.84. The minimum Gasteiger partial charge on any atom is -0.328 e. The molecule has 0 radical (unpaired) electrons. The predicted molar refractivity (Wildman–Crippen MR) is 63.0 cm³/mol. The van der Waals surface area contributed by atoms with Gasteiger partial charge in [-0.2, -0.15) is 0 Å². The molecule has 0 saturated heterocycles. The summed E-state index contributed by atoms with van der Waals surface area (Å²) in [5, 5.41) is 0. The van der Waals surface area contributed by atoms with Crippen LogP contribution in [0, 0.1) is 0 Å². The summed E-state index contributed by atoms with van der Waals surface area (Å²) in [7, 11) is 0. The summed E-state index contributed by atoms with van der Waals surface area (Å²) in [6.07, 6.45) is 2.56. The molecule has 0 aliphatic heterocycles. The second-order valence-corrected chi connectivity index (χ2v) is 4.05. The zero-order valence-corrected chi connectivity index (χ0v) is 9.49. The molecule has 0 aliphatic rings. The van der Waals surface area contributed by atoms with Crippen LogP contribution in [0.25, 0.3) is 0 Å². The van der Waals surface area contributed by atoms with E-state index in [0.717, 1.165) is 18.4 Å². The molecule has 0 heterocycles. The molecule has 2 heteroatoms. The number of carbonyl (C=O) groups excluding carboxylic acids is 1. The standard InChI is InChI=1S/C13H19NO/c1-3-5-11-6-4-7-12(9-11)13(15)8-10(2)14/h4,6-7,9-10H,3,5,8,14H2,1-2H3. The lowest BCUT2D eigenvalue weighted by molar-refractivity contribution is 0.0976. The van der Waals surface area contributed by atoms with E-state index >= 15 is 0 Å². The number of Topliss-reactive ketones (excluding diaryl/α,β-unsaturated/α-hetero) is 1. The lowest BCUT2D eigenvalue weighted by Crippen LogP contribution is -2.19. The Morgan fingerprint density at radius 3 is 2.80 bits per heavy atom. The van der Waals surface area contributed by atoms with Crippen LogP contribution in [0.3, 0.4) is 0 Å². The fourth-order valence-corrected chi connectivity index (χ4v) is 1.60. The molecular weight excluding hydrogens is 186 g/mol. The highest BCUT2D eigenvalue weighted by Crippen LogP contribution is 2.10. The van der Waals surface area contributed by atoms with Gasteiger partial charge >= 0.3 is 0 Å². The highest BCUT2D eigenvalue weighted by atomic mass is 16.1. The van der Waals surface area contributed by atoms with Gasteiger partial charge in [-0.3, -0.25) is 4.79 Å². The molecule has 0 spiro atoms. The smallest absolute Gasteiger partial charge is 0.164 e. The van der Waals surface area contributed by atoms with Crippen LogP contribution in [-0.4, -0.2) is 11.8 Å². The molecule has 0 bridgehead atoms. The van der Waals surface area contributed by atoms with E-state index in [2.05, 4.69) is 13.0 Å². The van der Waals surface area contributed by atoms with E-state index in [1.54, 1.807) is 0 Å². The normalized spacial score (nSPS) is 12.5. The molecule has 0 aromatic heterocycles. The summed E-state index contributed by atoms with van der Waals surface area (Å²) in [6.45, 7) is 3.99. The van der Waals surface area contributed by atoms with Crippen molar-refractivity contribution in [2.45, 2.75) is 39.2 Å². The van der Waals surface area contributed by atoms with Gasteiger partial charge in [0.2, 0.25) is 0 Å². The Kier molecular flexibility index (Phi) is 4.50. The second kappa shape index (κ2) is 5.66. The molecule has 0 aliphatic carbocycles. The zero-order chi connectivity index (χ0) is 11.3. The van der Waals surface area contributed by atoms with Crippen molar-refractivity contribution < 1.29 is 4.79 Å². The van der Waals surface area contributed by atoms with Crippen molar-refractivity contribution in [1.29, 1.82) is 0 Å². The van der Waals surface area contributed by atoms with Crippen molar-refractivity contribution in [2.24, 2.45) is 5.73 Å². The van der Waals surface area contributed by atoms with E-state index in [0.29, 0.717) is 6.42 Å². The van der Waals surface area contributed by atoms with Gasteiger partial charge in [0.1, 0.15) is 0 Å². The topological polar surface area (TPSA) is 43.1 Å². The maximum Gasteiger partial charge on any atom is 0.164 e. The van der Waals surface area contributed by atoms with Gasteiger partial charge in [-0.15, -0.1) is 0 Å². The highest BCUT2D eigenvalue weighted by Gasteiger charge is 2.08. The first-order valence-corrected chi connectivity index (χ1v) is 5.51. The van der Waals surface area contributed by atoms with Crippen molar-refractivity contribution in [2.75, 3.05) is 0 Å². The molecule has 1 aromatic rings. The lowest BCUT2D eigenvalue weighted by atomic mass is 10.0. The molecule has 0 fully saturated rings. The quantitative estimate of drug-likeness (QED) is 0.751. The number of benzene rings is 1. The minimum absolute atomic E-state index is 0.0627. The fourth-order valence-electron chi connectivity index (χ4n) is 1.60. The van der Waals surface area contributed by atoms with Crippen LogP contribution in [-0.2, 0) is 6.42 Å². The Balaban J connectivity index is 2.76. The SMILES string of the molecule is CCCc1cccc(C(=O)CC(C)N)c1. The summed E-state index contributed by atoms with van der Waals surface area (Å²) in [5.74, 6) is 0.142. The van der Waals surface area contributed by atoms with Crippen LogP contribution >= 0.6 is 0 Å². The maximum absolute atomic E-state index is 11.7. The Morgan fingerprint density at radius 1 is 1.47 bits per heavy atom. The first-order valence-electron chi connectivity index (χ1n) is 5.51. The average Bonchev–Trinajstić information content (AvgIpc) is 2.17. The van der Waals surface area contributed by atoms with E-state index in [4.69, 9.17) is 5.73 Å². The van der Waals surface area contributed by atoms with Crippen molar-refractivity contribution in [3.8, 4) is 0 Å². The van der Waals surface area contributed by atoms with E-state index in [1.807, 2.05) is 25.1 Å². The largest absolute Gasteiger partial charge is 0.328 e. The maximum atomic E-state index is 11.7. The van der Waals surface area contributed by atoms with Crippen molar-refractivity contribution >= 4 is 5.78 Å². The van der Waals surface area contributed by atoms with Gasteiger partial charge in [0.25, 0.3) is 0 Å². The van der Waals surface area contributed by atoms with Gasteiger partial charge in [0.05, 0.1) is 0 Å². The summed E-state index contributed by atoms with van der Waals surface area (Å²) in [4.78, 5) is 11.7. The number of nitrogens with two attached hydrogens (primary N) is 1. The summed E-state index contributed by atoms with van der Waals surface area (Å²) in [5.41, 5.74) is 7.63. The third-order valence-corrected chi connectivity index (χ3v) is 2.30. The molecule has 0 saturated carbocycles. The molecule has 2 nitrogen and oxygen atoms in total. The predicted octanol–water partition coefficient (Wildman–Crippen LogP) is 2.56. The van der Waals surface area contributed by atoms with E-state index in [9.17, 15) is 4.79 Å². The molecule has 1 rings (SSSR count). The number of hydrogen-bond donors (Lipinski definition) is 1. The van der Waals surface area contributed by atoms with Crippen LogP contribution in [0.5, 0.6) is 0 Å². The van der Waals surface area contributed by atoms with E-state index in [-0.39, 0.29) is 11.8 Å². The monoisotopic (exact) mass is 205 g/mol. The summed E-state index contributed by atoms with van der Waals surface area (Å²) >= 11 is 0. The molecule has 15 heavy (non-hydrogen) atoms. The number of aryl methyl sites for hydroxylation is 1. The summed E-state index contributed by atoms with van der Waals surface area (Å²) < 4.78 is 0. The molecule has 1 unspecified atom stereocenters. The number of rotatable bonds is 5. The van der Waals surface area contributed by atoms with Gasteiger partial charge in [-0.25, -0.2) is 0 Å². The number of carbonyl (C=O) groups is 1. The van der Waals surface area contributed by atoms with Crippen LogP contribution < -0.4 is 5.73 Å². The van der Waals surface area contributed by atoms with Gasteiger partial charge in [-0.05, 0) is 25.0 Å². The van der Waals surface area contributed by atoms with Crippen LogP contribution in [0.2, 0.25) is 0 Å². The average molecular weight is 205 g/mol. The van der Waals surface area contributed by atoms with Crippen LogP contribution in [0.4, 0.5) is 0 Å². The Bertz CT molecular complexity index is 331. The van der Waals surface area contributed by atoms with Crippen LogP contribution in [0.15, 0.2) is 24.3 Å². The number of hydrogen-bond acceptors (Lipinski definition) is 2. The Hall–Kier alpha value is -1.15. The molecule has 82 valence electrons. The van der Waals surface area contributed by atoms with Gasteiger partial charge in [0, 0.05) is 18.0 Å². The molecule has 0 amide bonds. The van der Waals surface area contributed by atoms with Crippen molar-refractivity contribution in [1.82, 2.24) is 0 Å². The van der Waals surface area contributed by atoms with Gasteiger partial charge in [0.15, 0.2) is 5.78 Å². The van der Waals surface area contributed by atoms with Crippen LogP contribution in [0.1, 0.15) is 42.6 Å². The minimum atomic E-state index is -0.0627. The molecule has 1 aromatic carbocycles. The molecular formula is C13H19NO. The summed E-state index contributed by atoms with van der Waals surface area (Å²) in [6, 6.07) is 7.79. The van der Waals surface area contributed by atoms with Gasteiger partial charge < -0.3 is 5.73 Å². The Morgan fingerprint density at radius 2 is 2.20 bits per heavy atom. The first kappa shape index (κ1) is 11.9. The zero-order valence-electron chi connectivity index (χ0n) is 9.49. The highest BCUT2D eigenvalue weighted by molar-refractivity contribution is 5.96. The number of ketones is 1. The van der Waals surface area contributed by atoms with E-state index < -0.39 is 0 Å². The van der Waals surface area contributed by atoms with Gasteiger partial charge in [-0.1, -0.05) is 31.5 Å². The molecule has 1 atom stereocenters.